The predicted octanol–water partition coefficient (Wildman–Crippen LogP) is 3.74. The van der Waals surface area contributed by atoms with Crippen LogP contribution in [0, 0.1) is 22.9 Å². The first-order chi connectivity index (χ1) is 8.70. The number of rotatable bonds is 4. The highest BCUT2D eigenvalue weighted by Crippen LogP contribution is 2.27. The summed E-state index contributed by atoms with van der Waals surface area (Å²) in [7, 11) is 0. The molecule has 0 bridgehead atoms. The maximum atomic E-state index is 13.6. The van der Waals surface area contributed by atoms with Gasteiger partial charge in [0.1, 0.15) is 6.10 Å². The van der Waals surface area contributed by atoms with Crippen LogP contribution in [0.25, 0.3) is 0 Å². The third kappa shape index (κ3) is 3.35. The molecule has 1 rings (SSSR count). The van der Waals surface area contributed by atoms with Gasteiger partial charge in [-0.2, -0.15) is 0 Å². The van der Waals surface area contributed by atoms with Crippen molar-refractivity contribution in [3.63, 3.8) is 0 Å². The molecule has 0 aliphatic carbocycles. The van der Waals surface area contributed by atoms with Crippen LogP contribution in [0.2, 0.25) is 0 Å². The molecule has 0 saturated heterocycles. The molecule has 0 N–H and O–H groups in total. The Balaban J connectivity index is 3.21. The fraction of sp³-hybridized carbons (Fsp3) is 0.500. The Morgan fingerprint density at radius 3 is 2.26 bits per heavy atom. The van der Waals surface area contributed by atoms with Crippen molar-refractivity contribution in [2.75, 3.05) is 6.61 Å². The van der Waals surface area contributed by atoms with Crippen LogP contribution in [-0.2, 0) is 4.74 Å². The van der Waals surface area contributed by atoms with Gasteiger partial charge in [-0.05, 0) is 24.5 Å². The van der Waals surface area contributed by atoms with Gasteiger partial charge in [0.25, 0.3) is 0 Å². The van der Waals surface area contributed by atoms with E-state index in [0.29, 0.717) is 0 Å². The lowest BCUT2D eigenvalue weighted by Gasteiger charge is -2.29. The van der Waals surface area contributed by atoms with E-state index >= 15 is 0 Å². The van der Waals surface area contributed by atoms with Crippen molar-refractivity contribution in [1.29, 1.82) is 0 Å². The summed E-state index contributed by atoms with van der Waals surface area (Å²) in [5.74, 6) is -5.13. The molecule has 5 heteroatoms. The van der Waals surface area contributed by atoms with E-state index in [1.165, 1.54) is 0 Å². The summed E-state index contributed by atoms with van der Waals surface area (Å²) in [5.41, 5.74) is -1.07. The van der Waals surface area contributed by atoms with Gasteiger partial charge in [-0.3, -0.25) is 4.79 Å². The summed E-state index contributed by atoms with van der Waals surface area (Å²) >= 11 is 0. The van der Waals surface area contributed by atoms with Crippen molar-refractivity contribution in [2.24, 2.45) is 5.41 Å². The molecule has 0 spiro atoms. The summed E-state index contributed by atoms with van der Waals surface area (Å²) < 4.78 is 44.9. The number of Topliss-reactive ketones (excluding diaryl/α,β-unsaturated/α-hetero) is 1. The standard InChI is InChI=1S/C14H17F3O2/c1-5-19-13(14(2,3)4)12(18)8-6-7-9(15)11(17)10(8)16/h6-7,13H,5H2,1-4H3. The van der Waals surface area contributed by atoms with Gasteiger partial charge < -0.3 is 4.74 Å². The summed E-state index contributed by atoms with van der Waals surface area (Å²) in [4.78, 5) is 12.2. The van der Waals surface area contributed by atoms with Crippen molar-refractivity contribution < 1.29 is 22.7 Å². The molecule has 106 valence electrons. The second-order valence-electron chi connectivity index (χ2n) is 5.29. The molecule has 0 radical (unpaired) electrons. The highest BCUT2D eigenvalue weighted by atomic mass is 19.2. The fourth-order valence-corrected chi connectivity index (χ4v) is 1.74. The van der Waals surface area contributed by atoms with Crippen molar-refractivity contribution in [3.05, 3.63) is 35.1 Å². The van der Waals surface area contributed by atoms with Crippen LogP contribution >= 0.6 is 0 Å². The zero-order chi connectivity index (χ0) is 14.8. The Morgan fingerprint density at radius 1 is 1.21 bits per heavy atom. The van der Waals surface area contributed by atoms with Crippen LogP contribution in [0.5, 0.6) is 0 Å². The van der Waals surface area contributed by atoms with Gasteiger partial charge in [0.05, 0.1) is 5.56 Å². The lowest BCUT2D eigenvalue weighted by molar-refractivity contribution is -0.000545. The van der Waals surface area contributed by atoms with E-state index in [4.69, 9.17) is 4.74 Å². The number of ether oxygens (including phenoxy) is 1. The second kappa shape index (κ2) is 5.74. The summed E-state index contributed by atoms with van der Waals surface area (Å²) in [6.07, 6.45) is -0.920. The summed E-state index contributed by atoms with van der Waals surface area (Å²) in [6, 6.07) is 1.67. The van der Waals surface area contributed by atoms with E-state index in [1.807, 2.05) is 0 Å². The zero-order valence-corrected chi connectivity index (χ0v) is 11.4. The van der Waals surface area contributed by atoms with E-state index < -0.39 is 40.3 Å². The smallest absolute Gasteiger partial charge is 0.195 e. The molecule has 0 aliphatic heterocycles. The number of carbonyl (C=O) groups excluding carboxylic acids is 1. The Kier molecular flexibility index (Phi) is 4.74. The Hall–Kier alpha value is -1.36. The van der Waals surface area contributed by atoms with E-state index in [9.17, 15) is 18.0 Å². The number of hydrogen-bond acceptors (Lipinski definition) is 2. The minimum Gasteiger partial charge on any atom is -0.370 e. The Morgan fingerprint density at radius 2 is 1.79 bits per heavy atom. The van der Waals surface area contributed by atoms with Gasteiger partial charge in [-0.15, -0.1) is 0 Å². The van der Waals surface area contributed by atoms with Gasteiger partial charge in [-0.1, -0.05) is 20.8 Å². The van der Waals surface area contributed by atoms with Crippen LogP contribution < -0.4 is 0 Å². The topological polar surface area (TPSA) is 26.3 Å². The molecule has 0 aromatic heterocycles. The van der Waals surface area contributed by atoms with Crippen molar-refractivity contribution in [1.82, 2.24) is 0 Å². The molecule has 0 fully saturated rings. The normalized spacial score (nSPS) is 13.4. The molecule has 1 aromatic rings. The minimum atomic E-state index is -1.64. The maximum Gasteiger partial charge on any atom is 0.195 e. The third-order valence-electron chi connectivity index (χ3n) is 2.66. The monoisotopic (exact) mass is 274 g/mol. The molecule has 19 heavy (non-hydrogen) atoms. The largest absolute Gasteiger partial charge is 0.370 e. The number of halogens is 3. The van der Waals surface area contributed by atoms with Crippen LogP contribution in [0.15, 0.2) is 12.1 Å². The average molecular weight is 274 g/mol. The van der Waals surface area contributed by atoms with E-state index in [1.54, 1.807) is 27.7 Å². The van der Waals surface area contributed by atoms with E-state index in [-0.39, 0.29) is 6.61 Å². The molecule has 1 unspecified atom stereocenters. The van der Waals surface area contributed by atoms with E-state index in [2.05, 4.69) is 0 Å². The Labute approximate surface area is 110 Å². The highest BCUT2D eigenvalue weighted by Gasteiger charge is 2.34. The fourth-order valence-electron chi connectivity index (χ4n) is 1.74. The molecule has 1 aromatic carbocycles. The lowest BCUT2D eigenvalue weighted by atomic mass is 9.84. The molecular weight excluding hydrogens is 257 g/mol. The number of benzene rings is 1. The zero-order valence-electron chi connectivity index (χ0n) is 11.4. The van der Waals surface area contributed by atoms with Crippen molar-refractivity contribution in [3.8, 4) is 0 Å². The number of ketones is 1. The number of carbonyl (C=O) groups is 1. The maximum absolute atomic E-state index is 13.6. The molecule has 0 amide bonds. The van der Waals surface area contributed by atoms with Gasteiger partial charge in [0, 0.05) is 6.61 Å². The third-order valence-corrected chi connectivity index (χ3v) is 2.66. The predicted molar refractivity (Wildman–Crippen MR) is 65.5 cm³/mol. The van der Waals surface area contributed by atoms with E-state index in [0.717, 1.165) is 12.1 Å². The van der Waals surface area contributed by atoms with Gasteiger partial charge >= 0.3 is 0 Å². The lowest BCUT2D eigenvalue weighted by Crippen LogP contribution is -2.37. The first-order valence-electron chi connectivity index (χ1n) is 5.99. The summed E-state index contributed by atoms with van der Waals surface area (Å²) in [6.45, 7) is 7.22. The first-order valence-corrected chi connectivity index (χ1v) is 5.99. The van der Waals surface area contributed by atoms with Gasteiger partial charge in [0.2, 0.25) is 0 Å². The first kappa shape index (κ1) is 15.7. The van der Waals surface area contributed by atoms with Crippen LogP contribution in [-0.4, -0.2) is 18.5 Å². The second-order valence-corrected chi connectivity index (χ2v) is 5.29. The minimum absolute atomic E-state index is 0.263. The molecule has 2 nitrogen and oxygen atoms in total. The Bertz CT molecular complexity index is 478. The molecule has 0 saturated carbocycles. The highest BCUT2D eigenvalue weighted by molar-refractivity contribution is 6.00. The molecule has 1 atom stereocenters. The molecule has 0 aliphatic rings. The SMILES string of the molecule is CCOC(C(=O)c1ccc(F)c(F)c1F)C(C)(C)C. The van der Waals surface area contributed by atoms with Gasteiger partial charge in [-0.25, -0.2) is 13.2 Å². The molecule has 0 heterocycles. The quantitative estimate of drug-likeness (QED) is 0.617. The average Bonchev–Trinajstić information content (AvgIpc) is 2.31. The van der Waals surface area contributed by atoms with Crippen LogP contribution in [0.3, 0.4) is 0 Å². The van der Waals surface area contributed by atoms with Crippen LogP contribution in [0.1, 0.15) is 38.1 Å². The molecular formula is C14H17F3O2. The summed E-state index contributed by atoms with van der Waals surface area (Å²) in [5, 5.41) is 0. The van der Waals surface area contributed by atoms with Crippen molar-refractivity contribution in [2.45, 2.75) is 33.8 Å². The van der Waals surface area contributed by atoms with Gasteiger partial charge in [0.15, 0.2) is 23.2 Å². The van der Waals surface area contributed by atoms with Crippen LogP contribution in [0.4, 0.5) is 13.2 Å². The van der Waals surface area contributed by atoms with Crippen molar-refractivity contribution >= 4 is 5.78 Å². The number of hydrogen-bond donors (Lipinski definition) is 0.